The topological polar surface area (TPSA) is 66.2 Å². The maximum Gasteiger partial charge on any atom is 0.255 e. The number of ether oxygens (including phenoxy) is 1. The van der Waals surface area contributed by atoms with E-state index in [0.29, 0.717) is 62.2 Å². The van der Waals surface area contributed by atoms with Crippen LogP contribution in [0.4, 0.5) is 0 Å². The number of hydrogen-bond acceptors (Lipinski definition) is 5. The second kappa shape index (κ2) is 13.6. The van der Waals surface area contributed by atoms with Crippen LogP contribution >= 0.6 is 23.2 Å². The summed E-state index contributed by atoms with van der Waals surface area (Å²) >= 11 is 12.4. The van der Waals surface area contributed by atoms with Crippen LogP contribution in [0.25, 0.3) is 0 Å². The molecule has 1 aromatic heterocycles. The van der Waals surface area contributed by atoms with Crippen LogP contribution in [-0.4, -0.2) is 79.0 Å². The van der Waals surface area contributed by atoms with E-state index in [1.807, 2.05) is 36.4 Å². The van der Waals surface area contributed by atoms with E-state index in [9.17, 15) is 9.59 Å². The van der Waals surface area contributed by atoms with E-state index < -0.39 is 0 Å². The molecule has 0 spiro atoms. The van der Waals surface area contributed by atoms with Crippen LogP contribution in [0.3, 0.4) is 0 Å². The van der Waals surface area contributed by atoms with Gasteiger partial charge in [-0.25, -0.2) is 0 Å². The van der Waals surface area contributed by atoms with Gasteiger partial charge in [-0.1, -0.05) is 53.5 Å². The van der Waals surface area contributed by atoms with Crippen LogP contribution in [0.5, 0.6) is 0 Å². The molecule has 9 heteroatoms. The lowest BCUT2D eigenvalue weighted by atomic mass is 10.1. The molecule has 37 heavy (non-hydrogen) atoms. The zero-order valence-electron chi connectivity index (χ0n) is 20.7. The van der Waals surface area contributed by atoms with Gasteiger partial charge in [0.1, 0.15) is 12.3 Å². The standard InChI is InChI=1S/C28H31Cl2N3O4/c29-23-8-9-25(26(30)19-23)28(35)33(13-12-31-14-17-36-18-15-31)21-27(34)32(20-24-7-4-16-37-24)11-10-22-5-2-1-3-6-22/h1-9,16,19H,10-15,17-18,20-21H2. The molecule has 1 fully saturated rings. The lowest BCUT2D eigenvalue weighted by Crippen LogP contribution is -2.47. The number of amides is 2. The Morgan fingerprint density at radius 1 is 0.919 bits per heavy atom. The summed E-state index contributed by atoms with van der Waals surface area (Å²) in [5, 5.41) is 0.709. The van der Waals surface area contributed by atoms with Gasteiger partial charge in [-0.2, -0.15) is 0 Å². The summed E-state index contributed by atoms with van der Waals surface area (Å²) in [5.74, 6) is 0.227. The molecule has 3 aromatic rings. The Hall–Kier alpha value is -2.84. The van der Waals surface area contributed by atoms with Crippen LogP contribution in [0.2, 0.25) is 10.0 Å². The fraction of sp³-hybridized carbons (Fsp3) is 0.357. The molecule has 0 aliphatic carbocycles. The van der Waals surface area contributed by atoms with Gasteiger partial charge in [-0.05, 0) is 42.3 Å². The van der Waals surface area contributed by atoms with E-state index >= 15 is 0 Å². The van der Waals surface area contributed by atoms with E-state index in [0.717, 1.165) is 18.7 Å². The number of furan rings is 1. The maximum atomic E-state index is 13.6. The third-order valence-corrected chi connectivity index (χ3v) is 6.91. The molecule has 196 valence electrons. The molecular formula is C28H31Cl2N3O4. The highest BCUT2D eigenvalue weighted by Crippen LogP contribution is 2.22. The van der Waals surface area contributed by atoms with Gasteiger partial charge in [0.2, 0.25) is 5.91 Å². The summed E-state index contributed by atoms with van der Waals surface area (Å²) < 4.78 is 11.0. The average Bonchev–Trinajstić information content (AvgIpc) is 3.43. The number of morpholine rings is 1. The minimum atomic E-state index is -0.302. The molecule has 7 nitrogen and oxygen atoms in total. The molecule has 1 aliphatic rings. The maximum absolute atomic E-state index is 13.6. The van der Waals surface area contributed by atoms with E-state index in [2.05, 4.69) is 4.90 Å². The number of halogens is 2. The molecule has 0 bridgehead atoms. The highest BCUT2D eigenvalue weighted by molar-refractivity contribution is 6.36. The third-order valence-electron chi connectivity index (χ3n) is 6.36. The Balaban J connectivity index is 1.50. The van der Waals surface area contributed by atoms with Crippen molar-refractivity contribution in [1.29, 1.82) is 0 Å². The number of carbonyl (C=O) groups is 2. The monoisotopic (exact) mass is 543 g/mol. The molecule has 2 aromatic carbocycles. The molecule has 2 amide bonds. The quantitative estimate of drug-likeness (QED) is 0.352. The van der Waals surface area contributed by atoms with Crippen LogP contribution in [0.1, 0.15) is 21.7 Å². The minimum Gasteiger partial charge on any atom is -0.467 e. The Kier molecular flexibility index (Phi) is 10.0. The first kappa shape index (κ1) is 27.2. The Morgan fingerprint density at radius 3 is 2.41 bits per heavy atom. The lowest BCUT2D eigenvalue weighted by Gasteiger charge is -2.31. The Labute approximate surface area is 227 Å². The number of nitrogens with zero attached hydrogens (tertiary/aromatic N) is 3. The van der Waals surface area contributed by atoms with Crippen LogP contribution in [0.15, 0.2) is 71.3 Å². The number of rotatable bonds is 11. The number of benzene rings is 2. The zero-order chi connectivity index (χ0) is 26.0. The fourth-order valence-electron chi connectivity index (χ4n) is 4.23. The van der Waals surface area contributed by atoms with Crippen LogP contribution in [0, 0.1) is 0 Å². The highest BCUT2D eigenvalue weighted by atomic mass is 35.5. The van der Waals surface area contributed by atoms with Crippen molar-refractivity contribution in [3.8, 4) is 0 Å². The van der Waals surface area contributed by atoms with Crippen molar-refractivity contribution in [3.63, 3.8) is 0 Å². The minimum absolute atomic E-state index is 0.0718. The van der Waals surface area contributed by atoms with Crippen LogP contribution < -0.4 is 0 Å². The Morgan fingerprint density at radius 2 is 1.70 bits per heavy atom. The summed E-state index contributed by atoms with van der Waals surface area (Å²) in [7, 11) is 0. The molecular weight excluding hydrogens is 513 g/mol. The molecule has 4 rings (SSSR count). The van der Waals surface area contributed by atoms with Crippen molar-refractivity contribution < 1.29 is 18.7 Å². The molecule has 0 radical (unpaired) electrons. The summed E-state index contributed by atoms with van der Waals surface area (Å²) in [4.78, 5) is 32.7. The van der Waals surface area contributed by atoms with Gasteiger partial charge in [-0.3, -0.25) is 14.5 Å². The van der Waals surface area contributed by atoms with Gasteiger partial charge in [0, 0.05) is 37.7 Å². The van der Waals surface area contributed by atoms with Crippen molar-refractivity contribution in [3.05, 3.63) is 93.9 Å². The SMILES string of the molecule is O=C(CN(CCN1CCOCC1)C(=O)c1ccc(Cl)cc1Cl)N(CCc1ccccc1)Cc1ccco1. The molecule has 0 saturated carbocycles. The number of hydrogen-bond donors (Lipinski definition) is 0. The molecule has 1 saturated heterocycles. The summed E-state index contributed by atoms with van der Waals surface area (Å²) in [6.07, 6.45) is 2.29. The second-order valence-electron chi connectivity index (χ2n) is 8.94. The average molecular weight is 544 g/mol. The summed E-state index contributed by atoms with van der Waals surface area (Å²) in [6, 6.07) is 18.4. The molecule has 1 aliphatic heterocycles. The summed E-state index contributed by atoms with van der Waals surface area (Å²) in [6.45, 7) is 4.67. The highest BCUT2D eigenvalue weighted by Gasteiger charge is 2.25. The number of carbonyl (C=O) groups excluding carboxylic acids is 2. The molecule has 0 N–H and O–H groups in total. The van der Waals surface area contributed by atoms with Gasteiger partial charge in [-0.15, -0.1) is 0 Å². The fourth-order valence-corrected chi connectivity index (χ4v) is 4.72. The van der Waals surface area contributed by atoms with Gasteiger partial charge in [0.15, 0.2) is 0 Å². The Bertz CT molecular complexity index is 1150. The van der Waals surface area contributed by atoms with Gasteiger partial charge >= 0.3 is 0 Å². The third kappa shape index (κ3) is 8.07. The zero-order valence-corrected chi connectivity index (χ0v) is 22.2. The van der Waals surface area contributed by atoms with Gasteiger partial charge < -0.3 is 19.0 Å². The molecule has 0 unspecified atom stereocenters. The van der Waals surface area contributed by atoms with Gasteiger partial charge in [0.25, 0.3) is 5.91 Å². The van der Waals surface area contributed by atoms with Crippen molar-refractivity contribution in [2.45, 2.75) is 13.0 Å². The predicted molar refractivity (Wildman–Crippen MR) is 144 cm³/mol. The first-order valence-corrected chi connectivity index (χ1v) is 13.1. The lowest BCUT2D eigenvalue weighted by molar-refractivity contribution is -0.132. The molecule has 0 atom stereocenters. The van der Waals surface area contributed by atoms with Crippen molar-refractivity contribution in [1.82, 2.24) is 14.7 Å². The molecule has 2 heterocycles. The van der Waals surface area contributed by atoms with Crippen molar-refractivity contribution in [2.24, 2.45) is 0 Å². The van der Waals surface area contributed by atoms with Crippen molar-refractivity contribution in [2.75, 3.05) is 52.5 Å². The van der Waals surface area contributed by atoms with E-state index in [1.54, 1.807) is 40.3 Å². The predicted octanol–water partition coefficient (Wildman–Crippen LogP) is 4.63. The largest absolute Gasteiger partial charge is 0.467 e. The first-order chi connectivity index (χ1) is 18.0. The van der Waals surface area contributed by atoms with E-state index in [-0.39, 0.29) is 23.4 Å². The smallest absolute Gasteiger partial charge is 0.255 e. The second-order valence-corrected chi connectivity index (χ2v) is 9.78. The summed E-state index contributed by atoms with van der Waals surface area (Å²) in [5.41, 5.74) is 1.45. The normalized spacial score (nSPS) is 13.9. The first-order valence-electron chi connectivity index (χ1n) is 12.4. The van der Waals surface area contributed by atoms with E-state index in [4.69, 9.17) is 32.4 Å². The van der Waals surface area contributed by atoms with Crippen LogP contribution in [-0.2, 0) is 22.5 Å². The van der Waals surface area contributed by atoms with Gasteiger partial charge in [0.05, 0.1) is 36.6 Å². The van der Waals surface area contributed by atoms with E-state index in [1.165, 1.54) is 0 Å². The van der Waals surface area contributed by atoms with Crippen molar-refractivity contribution >= 4 is 35.0 Å².